The van der Waals surface area contributed by atoms with E-state index in [1.54, 1.807) is 0 Å². The Kier molecular flexibility index (Phi) is 1.33. The number of aliphatic hydroxyl groups excluding tert-OH is 1. The molecule has 0 amide bonds. The molecule has 0 aliphatic heterocycles. The molecule has 2 aliphatic carbocycles. The molecule has 2 saturated carbocycles. The number of nitrogens with two attached hydrogens (primary N) is 1. The predicted octanol–water partition coefficient (Wildman–Crippen LogP) is 1.27. The molecule has 0 unspecified atom stereocenters. The lowest BCUT2D eigenvalue weighted by molar-refractivity contribution is 0.0124. The zero-order valence-electron chi connectivity index (χ0n) is 8.22. The quantitative estimate of drug-likeness (QED) is 0.573. The molecule has 2 heteroatoms. The summed E-state index contributed by atoms with van der Waals surface area (Å²) in [7, 11) is 0. The number of rotatable bonds is 0. The topological polar surface area (TPSA) is 46.2 Å². The van der Waals surface area contributed by atoms with Crippen LogP contribution >= 0.6 is 0 Å². The summed E-state index contributed by atoms with van der Waals surface area (Å²) in [4.78, 5) is 0. The third-order valence-corrected chi connectivity index (χ3v) is 5.06. The summed E-state index contributed by atoms with van der Waals surface area (Å²) in [6.07, 6.45) is 2.76. The minimum Gasteiger partial charge on any atom is -0.392 e. The first-order chi connectivity index (χ1) is 5.33. The molecular weight excluding hydrogens is 150 g/mol. The van der Waals surface area contributed by atoms with Gasteiger partial charge in [0.15, 0.2) is 0 Å². The van der Waals surface area contributed by atoms with Crippen molar-refractivity contribution in [3.8, 4) is 0 Å². The van der Waals surface area contributed by atoms with Crippen LogP contribution in [0.1, 0.15) is 40.0 Å². The van der Waals surface area contributed by atoms with E-state index in [-0.39, 0.29) is 22.5 Å². The standard InChI is InChI=1S/C10H19NO/c1-8(2)9(3)4-5-10(8,11)6-7(9)12/h7,12H,4-6,11H2,1-3H3/t7-,9-,10-/m0/s1. The fourth-order valence-corrected chi connectivity index (χ4v) is 3.19. The predicted molar refractivity (Wildman–Crippen MR) is 48.7 cm³/mol. The second-order valence-corrected chi connectivity index (χ2v) is 5.42. The molecule has 2 nitrogen and oxygen atoms in total. The number of hydrogen-bond donors (Lipinski definition) is 2. The molecular formula is C10H19NO. The molecule has 2 aliphatic rings. The largest absolute Gasteiger partial charge is 0.392 e. The SMILES string of the molecule is CC1(C)[C@]2(N)CC[C@@]1(C)[C@@H](O)C2. The van der Waals surface area contributed by atoms with Crippen LogP contribution in [0.4, 0.5) is 0 Å². The van der Waals surface area contributed by atoms with E-state index in [2.05, 4.69) is 20.8 Å². The molecule has 12 heavy (non-hydrogen) atoms. The van der Waals surface area contributed by atoms with Gasteiger partial charge < -0.3 is 10.8 Å². The van der Waals surface area contributed by atoms with Crippen molar-refractivity contribution in [2.24, 2.45) is 16.6 Å². The van der Waals surface area contributed by atoms with E-state index in [9.17, 15) is 5.11 Å². The monoisotopic (exact) mass is 169 g/mol. The molecule has 0 spiro atoms. The van der Waals surface area contributed by atoms with E-state index in [0.29, 0.717) is 0 Å². The van der Waals surface area contributed by atoms with Gasteiger partial charge in [0.05, 0.1) is 6.10 Å². The van der Waals surface area contributed by atoms with Crippen molar-refractivity contribution in [1.29, 1.82) is 0 Å². The smallest absolute Gasteiger partial charge is 0.0617 e. The molecule has 0 heterocycles. The van der Waals surface area contributed by atoms with E-state index in [4.69, 9.17) is 5.73 Å². The third-order valence-electron chi connectivity index (χ3n) is 5.06. The Labute approximate surface area is 74.1 Å². The minimum atomic E-state index is -0.189. The second kappa shape index (κ2) is 1.88. The molecule has 3 N–H and O–H groups in total. The molecule has 0 aromatic carbocycles. The van der Waals surface area contributed by atoms with Gasteiger partial charge in [-0.3, -0.25) is 0 Å². The first kappa shape index (κ1) is 8.52. The van der Waals surface area contributed by atoms with Gasteiger partial charge in [-0.15, -0.1) is 0 Å². The molecule has 0 aromatic rings. The Morgan fingerprint density at radius 3 is 2.00 bits per heavy atom. The van der Waals surface area contributed by atoms with Crippen molar-refractivity contribution >= 4 is 0 Å². The molecule has 2 bridgehead atoms. The number of aliphatic hydroxyl groups is 1. The third kappa shape index (κ3) is 0.612. The van der Waals surface area contributed by atoms with Crippen molar-refractivity contribution in [2.75, 3.05) is 0 Å². The lowest BCUT2D eigenvalue weighted by Gasteiger charge is -2.39. The van der Waals surface area contributed by atoms with E-state index in [1.165, 1.54) is 0 Å². The average molecular weight is 169 g/mol. The van der Waals surface area contributed by atoms with Crippen molar-refractivity contribution in [1.82, 2.24) is 0 Å². The van der Waals surface area contributed by atoms with Crippen molar-refractivity contribution in [2.45, 2.75) is 51.7 Å². The highest BCUT2D eigenvalue weighted by molar-refractivity contribution is 5.21. The summed E-state index contributed by atoms with van der Waals surface area (Å²) >= 11 is 0. The van der Waals surface area contributed by atoms with Gasteiger partial charge in [0.1, 0.15) is 0 Å². The fraction of sp³-hybridized carbons (Fsp3) is 1.00. The first-order valence-electron chi connectivity index (χ1n) is 4.80. The Balaban J connectivity index is 2.49. The van der Waals surface area contributed by atoms with Gasteiger partial charge in [-0.05, 0) is 24.7 Å². The number of fused-ring (bicyclic) bond motifs is 2. The molecule has 70 valence electrons. The van der Waals surface area contributed by atoms with Crippen LogP contribution in [0, 0.1) is 10.8 Å². The van der Waals surface area contributed by atoms with Gasteiger partial charge in [-0.1, -0.05) is 20.8 Å². The lowest BCUT2D eigenvalue weighted by atomic mass is 9.68. The van der Waals surface area contributed by atoms with E-state index < -0.39 is 0 Å². The summed E-state index contributed by atoms with van der Waals surface area (Å²) in [6.45, 7) is 6.59. The second-order valence-electron chi connectivity index (χ2n) is 5.42. The highest BCUT2D eigenvalue weighted by Gasteiger charge is 2.67. The van der Waals surface area contributed by atoms with Crippen LogP contribution in [0.5, 0.6) is 0 Å². The van der Waals surface area contributed by atoms with Crippen LogP contribution in [0.15, 0.2) is 0 Å². The Hall–Kier alpha value is -0.0800. The van der Waals surface area contributed by atoms with Crippen molar-refractivity contribution in [3.05, 3.63) is 0 Å². The van der Waals surface area contributed by atoms with Crippen LogP contribution in [0.25, 0.3) is 0 Å². The van der Waals surface area contributed by atoms with E-state index >= 15 is 0 Å². The average Bonchev–Trinajstić information content (AvgIpc) is 2.18. The maximum absolute atomic E-state index is 9.90. The summed E-state index contributed by atoms with van der Waals surface area (Å²) in [6, 6.07) is 0. The van der Waals surface area contributed by atoms with E-state index in [1.807, 2.05) is 0 Å². The minimum absolute atomic E-state index is 0.0573. The zero-order chi connectivity index (χ0) is 9.20. The molecule has 0 radical (unpaired) electrons. The summed E-state index contributed by atoms with van der Waals surface area (Å²) < 4.78 is 0. The maximum Gasteiger partial charge on any atom is 0.0617 e. The first-order valence-corrected chi connectivity index (χ1v) is 4.80. The van der Waals surface area contributed by atoms with Crippen molar-refractivity contribution < 1.29 is 5.11 Å². The maximum atomic E-state index is 9.90. The Morgan fingerprint density at radius 1 is 1.25 bits per heavy atom. The van der Waals surface area contributed by atoms with Crippen LogP contribution in [-0.2, 0) is 0 Å². The van der Waals surface area contributed by atoms with Crippen LogP contribution in [0.3, 0.4) is 0 Å². The van der Waals surface area contributed by atoms with Gasteiger partial charge in [0, 0.05) is 11.0 Å². The van der Waals surface area contributed by atoms with Gasteiger partial charge >= 0.3 is 0 Å². The van der Waals surface area contributed by atoms with Gasteiger partial charge in [-0.2, -0.15) is 0 Å². The van der Waals surface area contributed by atoms with Gasteiger partial charge in [0.2, 0.25) is 0 Å². The van der Waals surface area contributed by atoms with Gasteiger partial charge in [0.25, 0.3) is 0 Å². The van der Waals surface area contributed by atoms with Gasteiger partial charge in [-0.25, -0.2) is 0 Å². The highest BCUT2D eigenvalue weighted by Crippen LogP contribution is 2.66. The summed E-state index contributed by atoms with van der Waals surface area (Å²) in [5.74, 6) is 0. The van der Waals surface area contributed by atoms with Crippen LogP contribution in [0.2, 0.25) is 0 Å². The molecule has 2 rings (SSSR count). The summed E-state index contributed by atoms with van der Waals surface area (Å²) in [5.41, 5.74) is 6.34. The zero-order valence-corrected chi connectivity index (χ0v) is 8.22. The highest BCUT2D eigenvalue weighted by atomic mass is 16.3. The van der Waals surface area contributed by atoms with Crippen LogP contribution in [-0.4, -0.2) is 16.7 Å². The summed E-state index contributed by atoms with van der Waals surface area (Å²) in [5, 5.41) is 9.90. The molecule has 3 atom stereocenters. The van der Waals surface area contributed by atoms with E-state index in [0.717, 1.165) is 19.3 Å². The van der Waals surface area contributed by atoms with Crippen molar-refractivity contribution in [3.63, 3.8) is 0 Å². The fourth-order valence-electron chi connectivity index (χ4n) is 3.19. The number of hydrogen-bond acceptors (Lipinski definition) is 2. The Bertz CT molecular complexity index is 223. The lowest BCUT2D eigenvalue weighted by Crippen LogP contribution is -2.47. The molecule has 0 saturated heterocycles. The normalized spacial score (nSPS) is 56.2. The molecule has 2 fully saturated rings. The Morgan fingerprint density at radius 2 is 1.83 bits per heavy atom. The van der Waals surface area contributed by atoms with Crippen LogP contribution < -0.4 is 5.73 Å². The molecule has 0 aromatic heterocycles.